The first kappa shape index (κ1) is 20.2. The van der Waals surface area contributed by atoms with E-state index in [1.54, 1.807) is 48.5 Å². The normalized spacial score (nSPS) is 10.1. The summed E-state index contributed by atoms with van der Waals surface area (Å²) in [6.45, 7) is 3.94. The van der Waals surface area contributed by atoms with Gasteiger partial charge in [-0.1, -0.05) is 25.5 Å². The molecule has 2 rings (SSSR count). The molecule has 6 nitrogen and oxygen atoms in total. The van der Waals surface area contributed by atoms with E-state index in [9.17, 15) is 14.4 Å². The van der Waals surface area contributed by atoms with E-state index in [1.807, 2.05) is 6.92 Å². The predicted molar refractivity (Wildman–Crippen MR) is 105 cm³/mol. The van der Waals surface area contributed by atoms with E-state index in [0.29, 0.717) is 29.1 Å². The van der Waals surface area contributed by atoms with Gasteiger partial charge in [0.25, 0.3) is 0 Å². The van der Waals surface area contributed by atoms with E-state index in [2.05, 4.69) is 10.6 Å². The van der Waals surface area contributed by atoms with Crippen molar-refractivity contribution < 1.29 is 19.1 Å². The largest absolute Gasteiger partial charge is 0.462 e. The number of hydrogen-bond donors (Lipinski definition) is 2. The Morgan fingerprint density at radius 1 is 1.00 bits per heavy atom. The van der Waals surface area contributed by atoms with Gasteiger partial charge in [-0.25, -0.2) is 4.79 Å². The highest BCUT2D eigenvalue weighted by Crippen LogP contribution is 2.16. The first-order valence-corrected chi connectivity index (χ1v) is 8.92. The molecule has 27 heavy (non-hydrogen) atoms. The number of ketones is 1. The number of hydrogen-bond acceptors (Lipinski definition) is 5. The van der Waals surface area contributed by atoms with E-state index < -0.39 is 0 Å². The molecule has 142 valence electrons. The van der Waals surface area contributed by atoms with Gasteiger partial charge in [-0.2, -0.15) is 0 Å². The number of amides is 1. The monoisotopic (exact) mass is 368 g/mol. The van der Waals surface area contributed by atoms with E-state index in [-0.39, 0.29) is 24.2 Å². The van der Waals surface area contributed by atoms with Gasteiger partial charge in [0, 0.05) is 11.3 Å². The smallest absolute Gasteiger partial charge is 0.338 e. The molecule has 6 heteroatoms. The third-order valence-corrected chi connectivity index (χ3v) is 3.89. The fraction of sp³-hybridized carbons (Fsp3) is 0.286. The van der Waals surface area contributed by atoms with Crippen molar-refractivity contribution in [2.45, 2.75) is 26.7 Å². The highest BCUT2D eigenvalue weighted by atomic mass is 16.5. The van der Waals surface area contributed by atoms with Crippen LogP contribution in [0.5, 0.6) is 0 Å². The maximum absolute atomic E-state index is 12.1. The van der Waals surface area contributed by atoms with Gasteiger partial charge >= 0.3 is 5.97 Å². The quantitative estimate of drug-likeness (QED) is 0.398. The SMILES string of the molecule is CCCCOC(=O)c1ccc(NCC(=O)Nc2ccccc2C(C)=O)cc1. The van der Waals surface area contributed by atoms with Crippen LogP contribution in [0.2, 0.25) is 0 Å². The number of rotatable bonds is 9. The van der Waals surface area contributed by atoms with Crippen molar-refractivity contribution >= 4 is 29.0 Å². The number of nitrogens with one attached hydrogen (secondary N) is 2. The summed E-state index contributed by atoms with van der Waals surface area (Å²) in [5.41, 5.74) is 2.13. The fourth-order valence-electron chi connectivity index (χ4n) is 2.39. The molecular weight excluding hydrogens is 344 g/mol. The minimum absolute atomic E-state index is 0.0343. The number of benzene rings is 2. The molecule has 0 heterocycles. The van der Waals surface area contributed by atoms with Crippen LogP contribution in [0.4, 0.5) is 11.4 Å². The summed E-state index contributed by atoms with van der Waals surface area (Å²) in [4.78, 5) is 35.6. The van der Waals surface area contributed by atoms with Crippen molar-refractivity contribution in [2.24, 2.45) is 0 Å². The minimum Gasteiger partial charge on any atom is -0.462 e. The minimum atomic E-state index is -0.353. The number of ether oxygens (including phenoxy) is 1. The zero-order valence-corrected chi connectivity index (χ0v) is 15.6. The summed E-state index contributed by atoms with van der Waals surface area (Å²) in [6.07, 6.45) is 1.81. The Morgan fingerprint density at radius 2 is 1.70 bits per heavy atom. The molecule has 0 unspecified atom stereocenters. The van der Waals surface area contributed by atoms with Crippen molar-refractivity contribution in [3.63, 3.8) is 0 Å². The fourth-order valence-corrected chi connectivity index (χ4v) is 2.39. The second kappa shape index (κ2) is 10.1. The standard InChI is InChI=1S/C21H24N2O4/c1-3-4-13-27-21(26)16-9-11-17(12-10-16)22-14-20(25)23-19-8-6-5-7-18(19)15(2)24/h5-12,22H,3-4,13-14H2,1-2H3,(H,23,25). The Balaban J connectivity index is 1.87. The highest BCUT2D eigenvalue weighted by molar-refractivity contribution is 6.04. The molecule has 2 N–H and O–H groups in total. The lowest BCUT2D eigenvalue weighted by Crippen LogP contribution is -2.22. The van der Waals surface area contributed by atoms with Gasteiger partial charge in [0.15, 0.2) is 5.78 Å². The molecule has 0 atom stereocenters. The lowest BCUT2D eigenvalue weighted by atomic mass is 10.1. The van der Waals surface area contributed by atoms with Crippen LogP contribution in [0.15, 0.2) is 48.5 Å². The topological polar surface area (TPSA) is 84.5 Å². The molecule has 0 spiro atoms. The van der Waals surface area contributed by atoms with Gasteiger partial charge in [-0.05, 0) is 49.7 Å². The lowest BCUT2D eigenvalue weighted by molar-refractivity contribution is -0.114. The molecule has 0 aliphatic carbocycles. The molecule has 0 saturated carbocycles. The van der Waals surface area contributed by atoms with Crippen molar-refractivity contribution in [1.29, 1.82) is 0 Å². The number of para-hydroxylation sites is 1. The summed E-state index contributed by atoms with van der Waals surface area (Å²) >= 11 is 0. The highest BCUT2D eigenvalue weighted by Gasteiger charge is 2.10. The van der Waals surface area contributed by atoms with E-state index in [0.717, 1.165) is 12.8 Å². The van der Waals surface area contributed by atoms with E-state index >= 15 is 0 Å². The van der Waals surface area contributed by atoms with Gasteiger partial charge in [0.1, 0.15) is 0 Å². The number of unbranched alkanes of at least 4 members (excludes halogenated alkanes) is 1. The lowest BCUT2D eigenvalue weighted by Gasteiger charge is -2.11. The average molecular weight is 368 g/mol. The molecule has 0 saturated heterocycles. The van der Waals surface area contributed by atoms with Crippen molar-refractivity contribution in [3.8, 4) is 0 Å². The molecule has 1 amide bonds. The average Bonchev–Trinajstić information content (AvgIpc) is 2.67. The Labute approximate surface area is 158 Å². The Kier molecular flexibility index (Phi) is 7.55. The molecule has 0 aromatic heterocycles. The van der Waals surface area contributed by atoms with Crippen LogP contribution in [0, 0.1) is 0 Å². The van der Waals surface area contributed by atoms with E-state index in [1.165, 1.54) is 6.92 Å². The van der Waals surface area contributed by atoms with Crippen molar-refractivity contribution in [1.82, 2.24) is 0 Å². The molecule has 0 fully saturated rings. The van der Waals surface area contributed by atoms with Crippen LogP contribution >= 0.6 is 0 Å². The van der Waals surface area contributed by atoms with Crippen LogP contribution in [-0.2, 0) is 9.53 Å². The number of carbonyl (C=O) groups is 3. The molecule has 0 aliphatic rings. The van der Waals surface area contributed by atoms with Crippen molar-refractivity contribution in [2.75, 3.05) is 23.8 Å². The number of anilines is 2. The maximum atomic E-state index is 12.1. The number of Topliss-reactive ketones (excluding diaryl/α,β-unsaturated/α-hetero) is 1. The second-order valence-electron chi connectivity index (χ2n) is 6.07. The zero-order chi connectivity index (χ0) is 19.6. The van der Waals surface area contributed by atoms with Gasteiger partial charge in [0.2, 0.25) is 5.91 Å². The molecule has 2 aromatic carbocycles. The first-order chi connectivity index (χ1) is 13.0. The zero-order valence-electron chi connectivity index (χ0n) is 15.6. The summed E-state index contributed by atoms with van der Waals surface area (Å²) in [5.74, 6) is -0.736. The van der Waals surface area contributed by atoms with Crippen LogP contribution < -0.4 is 10.6 Å². The molecular formula is C21H24N2O4. The third kappa shape index (κ3) is 6.26. The first-order valence-electron chi connectivity index (χ1n) is 8.92. The van der Waals surface area contributed by atoms with Gasteiger partial charge < -0.3 is 15.4 Å². The van der Waals surface area contributed by atoms with Gasteiger partial charge in [-0.3, -0.25) is 9.59 Å². The van der Waals surface area contributed by atoms with Gasteiger partial charge in [-0.15, -0.1) is 0 Å². The Bertz CT molecular complexity index is 800. The Morgan fingerprint density at radius 3 is 2.37 bits per heavy atom. The summed E-state index contributed by atoms with van der Waals surface area (Å²) in [5, 5.41) is 5.71. The molecule has 0 radical (unpaired) electrons. The summed E-state index contributed by atoms with van der Waals surface area (Å²) < 4.78 is 5.15. The maximum Gasteiger partial charge on any atom is 0.338 e. The molecule has 0 aliphatic heterocycles. The molecule has 0 bridgehead atoms. The summed E-state index contributed by atoms with van der Waals surface area (Å²) in [6, 6.07) is 13.6. The van der Waals surface area contributed by atoms with Crippen molar-refractivity contribution in [3.05, 3.63) is 59.7 Å². The number of carbonyl (C=O) groups excluding carboxylic acids is 3. The molecule has 2 aromatic rings. The predicted octanol–water partition coefficient (Wildman–Crippen LogP) is 3.90. The van der Waals surface area contributed by atoms with Crippen LogP contribution in [0.3, 0.4) is 0 Å². The number of esters is 1. The van der Waals surface area contributed by atoms with Gasteiger partial charge in [0.05, 0.1) is 24.4 Å². The van der Waals surface area contributed by atoms with Crippen LogP contribution in [-0.4, -0.2) is 30.8 Å². The Hall–Kier alpha value is -3.15. The third-order valence-electron chi connectivity index (χ3n) is 3.89. The van der Waals surface area contributed by atoms with Crippen LogP contribution in [0.1, 0.15) is 47.4 Å². The van der Waals surface area contributed by atoms with E-state index in [4.69, 9.17) is 4.74 Å². The second-order valence-corrected chi connectivity index (χ2v) is 6.07. The summed E-state index contributed by atoms with van der Waals surface area (Å²) in [7, 11) is 0. The van der Waals surface area contributed by atoms with Crippen LogP contribution in [0.25, 0.3) is 0 Å².